The summed E-state index contributed by atoms with van der Waals surface area (Å²) in [6.07, 6.45) is 6.13. The number of likely N-dealkylation sites (tertiary alicyclic amines) is 1. The predicted molar refractivity (Wildman–Crippen MR) is 92.8 cm³/mol. The van der Waals surface area contributed by atoms with Gasteiger partial charge in [0.25, 0.3) is 0 Å². The molecule has 2 fully saturated rings. The monoisotopic (exact) mass is 354 g/mol. The smallest absolute Gasteiger partial charge is 0.322 e. The van der Waals surface area contributed by atoms with Gasteiger partial charge in [0.1, 0.15) is 6.04 Å². The van der Waals surface area contributed by atoms with Crippen LogP contribution in [0.1, 0.15) is 38.5 Å². The Hall–Kier alpha value is -1.67. The van der Waals surface area contributed by atoms with Crippen molar-refractivity contribution in [1.29, 1.82) is 0 Å². The number of nitrogens with two attached hydrogens (primary N) is 1. The zero-order valence-corrected chi connectivity index (χ0v) is 14.7. The molecule has 0 aromatic rings. The topological polar surface area (TPSA) is 125 Å². The Morgan fingerprint density at radius 1 is 1.28 bits per heavy atom. The number of aliphatic carboxylic acids is 1. The number of amides is 2. The second-order valence-electron chi connectivity index (χ2n) is 7.12. The van der Waals surface area contributed by atoms with Crippen LogP contribution in [0.25, 0.3) is 0 Å². The molecule has 2 amide bonds. The molecular weight excluding hydrogens is 324 g/mol. The maximum Gasteiger partial charge on any atom is 0.322 e. The highest BCUT2D eigenvalue weighted by Crippen LogP contribution is 2.27. The minimum Gasteiger partial charge on any atom is -0.480 e. The van der Waals surface area contributed by atoms with Crippen molar-refractivity contribution in [3.8, 4) is 0 Å². The standard InChI is InChI=1S/C17H30N4O4/c18-14(17(24)25)10-20-15(22)11-21-9-1-2-13(16(21)23)4-3-12-5-7-19-8-6-12/h12-14,19H,1-11,18H2,(H,20,22)(H,24,25)/t13-,14-/m0/s1. The third-order valence-corrected chi connectivity index (χ3v) is 5.19. The lowest BCUT2D eigenvalue weighted by atomic mass is 9.86. The van der Waals surface area contributed by atoms with Crippen molar-refractivity contribution in [2.24, 2.45) is 17.6 Å². The minimum absolute atomic E-state index is 0.0118. The van der Waals surface area contributed by atoms with Crippen LogP contribution in [-0.4, -0.2) is 66.6 Å². The molecule has 0 unspecified atom stereocenters. The summed E-state index contributed by atoms with van der Waals surface area (Å²) < 4.78 is 0. The molecule has 2 atom stereocenters. The quantitative estimate of drug-likeness (QED) is 0.467. The first-order chi connectivity index (χ1) is 12.0. The van der Waals surface area contributed by atoms with Crippen molar-refractivity contribution in [2.75, 3.05) is 32.7 Å². The number of carbonyl (C=O) groups excluding carboxylic acids is 2. The van der Waals surface area contributed by atoms with Crippen molar-refractivity contribution in [3.63, 3.8) is 0 Å². The highest BCUT2D eigenvalue weighted by Gasteiger charge is 2.30. The van der Waals surface area contributed by atoms with E-state index in [0.717, 1.165) is 38.8 Å². The molecule has 0 aromatic heterocycles. The van der Waals surface area contributed by atoms with Crippen molar-refractivity contribution < 1.29 is 19.5 Å². The Morgan fingerprint density at radius 2 is 2.00 bits per heavy atom. The Bertz CT molecular complexity index is 479. The van der Waals surface area contributed by atoms with E-state index in [4.69, 9.17) is 10.8 Å². The predicted octanol–water partition coefficient (Wildman–Crippen LogP) is -0.467. The summed E-state index contributed by atoms with van der Waals surface area (Å²) in [7, 11) is 0. The lowest BCUT2D eigenvalue weighted by molar-refractivity contribution is -0.143. The van der Waals surface area contributed by atoms with E-state index in [0.29, 0.717) is 12.5 Å². The average molecular weight is 354 g/mol. The molecule has 0 radical (unpaired) electrons. The molecule has 142 valence electrons. The lowest BCUT2D eigenvalue weighted by Crippen LogP contribution is -2.49. The fraction of sp³-hybridized carbons (Fsp3) is 0.824. The molecule has 0 aromatic carbocycles. The van der Waals surface area contributed by atoms with Gasteiger partial charge in [0.2, 0.25) is 11.8 Å². The van der Waals surface area contributed by atoms with Crippen molar-refractivity contribution in [3.05, 3.63) is 0 Å². The summed E-state index contributed by atoms with van der Waals surface area (Å²) in [5.74, 6) is -0.753. The van der Waals surface area contributed by atoms with Crippen molar-refractivity contribution >= 4 is 17.8 Å². The summed E-state index contributed by atoms with van der Waals surface area (Å²) in [5.41, 5.74) is 5.36. The van der Waals surface area contributed by atoms with Gasteiger partial charge >= 0.3 is 5.97 Å². The number of nitrogens with zero attached hydrogens (tertiary/aromatic N) is 1. The molecule has 2 aliphatic rings. The molecule has 2 saturated heterocycles. The van der Waals surface area contributed by atoms with Crippen LogP contribution in [0, 0.1) is 11.8 Å². The van der Waals surface area contributed by atoms with E-state index in [1.807, 2.05) is 0 Å². The average Bonchev–Trinajstić information content (AvgIpc) is 2.61. The molecule has 2 rings (SSSR count). The van der Waals surface area contributed by atoms with Crippen LogP contribution in [0.15, 0.2) is 0 Å². The molecule has 0 aliphatic carbocycles. The first-order valence-electron chi connectivity index (χ1n) is 9.22. The van der Waals surface area contributed by atoms with Gasteiger partial charge < -0.3 is 26.4 Å². The van der Waals surface area contributed by atoms with E-state index in [9.17, 15) is 14.4 Å². The van der Waals surface area contributed by atoms with Crippen LogP contribution in [-0.2, 0) is 14.4 Å². The van der Waals surface area contributed by atoms with Crippen LogP contribution in [0.3, 0.4) is 0 Å². The SMILES string of the molecule is N[C@@H](CNC(=O)CN1CCC[C@@H](CCC2CCNCC2)C1=O)C(=O)O. The summed E-state index contributed by atoms with van der Waals surface area (Å²) >= 11 is 0. The van der Waals surface area contributed by atoms with Crippen LogP contribution < -0.4 is 16.4 Å². The largest absolute Gasteiger partial charge is 0.480 e. The third kappa shape index (κ3) is 6.28. The van der Waals surface area contributed by atoms with Gasteiger partial charge in [0, 0.05) is 19.0 Å². The Balaban J connectivity index is 1.74. The van der Waals surface area contributed by atoms with Gasteiger partial charge in [0.05, 0.1) is 6.54 Å². The molecule has 5 N–H and O–H groups in total. The molecular formula is C17H30N4O4. The van der Waals surface area contributed by atoms with Crippen molar-refractivity contribution in [1.82, 2.24) is 15.5 Å². The van der Waals surface area contributed by atoms with Gasteiger partial charge in [-0.1, -0.05) is 0 Å². The Morgan fingerprint density at radius 3 is 2.68 bits per heavy atom. The highest BCUT2D eigenvalue weighted by atomic mass is 16.4. The number of nitrogens with one attached hydrogen (secondary N) is 2. The lowest BCUT2D eigenvalue weighted by Gasteiger charge is -2.33. The summed E-state index contributed by atoms with van der Waals surface area (Å²) in [6, 6.07) is -1.13. The summed E-state index contributed by atoms with van der Waals surface area (Å²) in [6.45, 7) is 2.56. The van der Waals surface area contributed by atoms with Gasteiger partial charge in [-0.3, -0.25) is 14.4 Å². The third-order valence-electron chi connectivity index (χ3n) is 5.19. The number of hydrogen-bond acceptors (Lipinski definition) is 5. The molecule has 2 heterocycles. The maximum atomic E-state index is 12.6. The molecule has 2 aliphatic heterocycles. The summed E-state index contributed by atoms with van der Waals surface area (Å²) in [4.78, 5) is 36.8. The molecule has 8 nitrogen and oxygen atoms in total. The van der Waals surface area contributed by atoms with E-state index in [1.54, 1.807) is 4.90 Å². The zero-order chi connectivity index (χ0) is 18.2. The number of carboxylic acid groups (broad SMARTS) is 1. The van der Waals surface area contributed by atoms with E-state index in [2.05, 4.69) is 10.6 Å². The highest BCUT2D eigenvalue weighted by molar-refractivity contribution is 5.86. The van der Waals surface area contributed by atoms with E-state index < -0.39 is 12.0 Å². The number of hydrogen-bond donors (Lipinski definition) is 4. The normalized spacial score (nSPS) is 23.3. The van der Waals surface area contributed by atoms with Gasteiger partial charge in [-0.25, -0.2) is 0 Å². The summed E-state index contributed by atoms with van der Waals surface area (Å²) in [5, 5.41) is 14.6. The fourth-order valence-corrected chi connectivity index (χ4v) is 3.59. The molecule has 8 heteroatoms. The fourth-order valence-electron chi connectivity index (χ4n) is 3.59. The van der Waals surface area contributed by atoms with Gasteiger partial charge in [0.15, 0.2) is 0 Å². The van der Waals surface area contributed by atoms with Crippen LogP contribution in [0.2, 0.25) is 0 Å². The van der Waals surface area contributed by atoms with E-state index in [-0.39, 0.29) is 30.8 Å². The number of carboxylic acids is 1. The van der Waals surface area contributed by atoms with Gasteiger partial charge in [-0.05, 0) is 57.5 Å². The second-order valence-corrected chi connectivity index (χ2v) is 7.12. The Labute approximate surface area is 148 Å². The number of rotatable bonds is 8. The number of piperidine rings is 2. The van der Waals surface area contributed by atoms with E-state index >= 15 is 0 Å². The molecule has 0 bridgehead atoms. The maximum absolute atomic E-state index is 12.6. The first kappa shape index (κ1) is 19.7. The van der Waals surface area contributed by atoms with E-state index in [1.165, 1.54) is 12.8 Å². The zero-order valence-electron chi connectivity index (χ0n) is 14.7. The number of carbonyl (C=O) groups is 3. The van der Waals surface area contributed by atoms with Crippen LogP contribution in [0.4, 0.5) is 0 Å². The van der Waals surface area contributed by atoms with Crippen LogP contribution in [0.5, 0.6) is 0 Å². The van der Waals surface area contributed by atoms with Crippen molar-refractivity contribution in [2.45, 2.75) is 44.6 Å². The van der Waals surface area contributed by atoms with Crippen LogP contribution >= 0.6 is 0 Å². The molecule has 0 saturated carbocycles. The second kappa shape index (κ2) is 9.72. The van der Waals surface area contributed by atoms with Gasteiger partial charge in [-0.15, -0.1) is 0 Å². The Kier molecular flexibility index (Phi) is 7.64. The van der Waals surface area contributed by atoms with Gasteiger partial charge in [-0.2, -0.15) is 0 Å². The minimum atomic E-state index is -1.16. The first-order valence-corrected chi connectivity index (χ1v) is 9.22. The molecule has 25 heavy (non-hydrogen) atoms. The molecule has 0 spiro atoms.